The van der Waals surface area contributed by atoms with E-state index in [0.29, 0.717) is 0 Å². The Morgan fingerprint density at radius 1 is 1.38 bits per heavy atom. The monoisotopic (exact) mass is 310 g/mol. The van der Waals surface area contributed by atoms with Crippen molar-refractivity contribution in [2.24, 2.45) is 5.92 Å². The van der Waals surface area contributed by atoms with E-state index in [1.165, 1.54) is 0 Å². The van der Waals surface area contributed by atoms with Gasteiger partial charge in [-0.15, -0.1) is 0 Å². The van der Waals surface area contributed by atoms with Gasteiger partial charge in [-0.25, -0.2) is 0 Å². The van der Waals surface area contributed by atoms with Crippen LogP contribution >= 0.6 is 0 Å². The first-order valence-corrected chi connectivity index (χ1v) is 7.51. The molecule has 3 unspecified atom stereocenters. The highest BCUT2D eigenvalue weighted by Gasteiger charge is 2.40. The van der Waals surface area contributed by atoms with Crippen LogP contribution in [0.25, 0.3) is 0 Å². The van der Waals surface area contributed by atoms with Crippen molar-refractivity contribution in [1.29, 1.82) is 0 Å². The molecule has 3 atom stereocenters. The molecule has 0 aliphatic carbocycles. The number of nitrogens with one attached hydrogen (secondary N) is 1. The van der Waals surface area contributed by atoms with Crippen LogP contribution in [0.5, 0.6) is 0 Å². The van der Waals surface area contributed by atoms with Crippen molar-refractivity contribution in [2.45, 2.75) is 58.4 Å². The average Bonchev–Trinajstić information content (AvgIpc) is 2.70. The Labute approximate surface area is 124 Å². The number of rotatable bonds is 8. The van der Waals surface area contributed by atoms with Gasteiger partial charge in [0.2, 0.25) is 5.91 Å². The molecule has 0 aromatic rings. The van der Waals surface area contributed by atoms with Crippen LogP contribution in [0.15, 0.2) is 0 Å². The fraction of sp³-hybridized carbons (Fsp3) is 0.929. The van der Waals surface area contributed by atoms with E-state index in [1.54, 1.807) is 4.90 Å². The van der Waals surface area contributed by atoms with Crippen LogP contribution in [-0.2, 0) is 9.53 Å². The molecule has 1 fully saturated rings. The number of nitrogens with zero attached hydrogens (tertiary/aromatic N) is 1. The van der Waals surface area contributed by atoms with Crippen molar-refractivity contribution in [3.63, 3.8) is 0 Å². The molecule has 0 radical (unpaired) electrons. The maximum Gasteiger partial charge on any atom is 0.411 e. The van der Waals surface area contributed by atoms with Crippen LogP contribution in [0.4, 0.5) is 13.2 Å². The highest BCUT2D eigenvalue weighted by atomic mass is 19.4. The Morgan fingerprint density at radius 2 is 2.05 bits per heavy atom. The highest BCUT2D eigenvalue weighted by Crippen LogP contribution is 2.21. The van der Waals surface area contributed by atoms with Crippen molar-refractivity contribution >= 4 is 5.91 Å². The van der Waals surface area contributed by atoms with Crippen LogP contribution in [-0.4, -0.2) is 48.9 Å². The summed E-state index contributed by atoms with van der Waals surface area (Å²) in [5.41, 5.74) is 0. The Bertz CT molecular complexity index is 337. The molecule has 1 N–H and O–H groups in total. The molecule has 0 bridgehead atoms. The number of hydrogen-bond donors (Lipinski definition) is 1. The standard InChI is InChI=1S/C14H25F3N2O2/c1-4-6-11-18-12(10(3)5-2)13(20)19(11)7-8-21-9-14(15,16)17/h10-12,18H,4-9H2,1-3H3. The molecule has 1 rings (SSSR count). The topological polar surface area (TPSA) is 41.6 Å². The lowest BCUT2D eigenvalue weighted by molar-refractivity contribution is -0.175. The fourth-order valence-corrected chi connectivity index (χ4v) is 2.47. The average molecular weight is 310 g/mol. The van der Waals surface area contributed by atoms with Gasteiger partial charge in [-0.1, -0.05) is 33.6 Å². The quantitative estimate of drug-likeness (QED) is 0.701. The third-order valence-corrected chi connectivity index (χ3v) is 3.81. The number of carbonyl (C=O) groups excluding carboxylic acids is 1. The largest absolute Gasteiger partial charge is 0.411 e. The lowest BCUT2D eigenvalue weighted by Gasteiger charge is -2.23. The van der Waals surface area contributed by atoms with E-state index in [0.717, 1.165) is 19.3 Å². The second-order valence-corrected chi connectivity index (χ2v) is 5.53. The molecule has 124 valence electrons. The molecule has 1 heterocycles. The van der Waals surface area contributed by atoms with Crippen molar-refractivity contribution in [3.8, 4) is 0 Å². The van der Waals surface area contributed by atoms with Gasteiger partial charge in [-0.3, -0.25) is 10.1 Å². The zero-order valence-electron chi connectivity index (χ0n) is 12.9. The summed E-state index contributed by atoms with van der Waals surface area (Å²) in [6, 6.07) is -0.242. The van der Waals surface area contributed by atoms with E-state index in [1.807, 2.05) is 20.8 Å². The van der Waals surface area contributed by atoms with Gasteiger partial charge in [0.25, 0.3) is 0 Å². The zero-order valence-corrected chi connectivity index (χ0v) is 12.9. The lowest BCUT2D eigenvalue weighted by Crippen LogP contribution is -2.39. The summed E-state index contributed by atoms with van der Waals surface area (Å²) in [5, 5.41) is 3.30. The smallest absolute Gasteiger partial charge is 0.370 e. The SMILES string of the molecule is CCCC1NC(C(C)CC)C(=O)N1CCOCC(F)(F)F. The molecule has 0 spiro atoms. The maximum atomic E-state index is 12.4. The van der Waals surface area contributed by atoms with E-state index in [9.17, 15) is 18.0 Å². The van der Waals surface area contributed by atoms with E-state index in [2.05, 4.69) is 10.1 Å². The lowest BCUT2D eigenvalue weighted by atomic mass is 9.99. The Kier molecular flexibility index (Phi) is 6.93. The van der Waals surface area contributed by atoms with E-state index < -0.39 is 12.8 Å². The van der Waals surface area contributed by atoms with Crippen LogP contribution in [0.1, 0.15) is 40.0 Å². The van der Waals surface area contributed by atoms with Gasteiger partial charge in [-0.2, -0.15) is 13.2 Å². The minimum absolute atomic E-state index is 0.0293. The van der Waals surface area contributed by atoms with Crippen LogP contribution in [0, 0.1) is 5.92 Å². The first-order valence-electron chi connectivity index (χ1n) is 7.51. The summed E-state index contributed by atoms with van der Waals surface area (Å²) in [6.07, 6.45) is -1.86. The molecule has 1 amide bonds. The Morgan fingerprint density at radius 3 is 2.57 bits per heavy atom. The van der Waals surface area contributed by atoms with E-state index in [-0.39, 0.29) is 37.2 Å². The van der Waals surface area contributed by atoms with Gasteiger partial charge in [0.15, 0.2) is 0 Å². The number of halogens is 3. The predicted molar refractivity (Wildman–Crippen MR) is 73.7 cm³/mol. The number of carbonyl (C=O) groups is 1. The first-order chi connectivity index (χ1) is 9.80. The predicted octanol–water partition coefficient (Wildman–Crippen LogP) is 2.54. The van der Waals surface area contributed by atoms with Gasteiger partial charge >= 0.3 is 6.18 Å². The maximum absolute atomic E-state index is 12.4. The number of alkyl halides is 3. The molecule has 7 heteroatoms. The fourth-order valence-electron chi connectivity index (χ4n) is 2.47. The molecule has 21 heavy (non-hydrogen) atoms. The van der Waals surface area contributed by atoms with Crippen molar-refractivity contribution in [2.75, 3.05) is 19.8 Å². The van der Waals surface area contributed by atoms with Crippen molar-refractivity contribution < 1.29 is 22.7 Å². The minimum atomic E-state index is -4.32. The summed E-state index contributed by atoms with van der Waals surface area (Å²) < 4.78 is 40.7. The summed E-state index contributed by atoms with van der Waals surface area (Å²) in [4.78, 5) is 14.0. The molecule has 1 aliphatic rings. The van der Waals surface area contributed by atoms with Gasteiger partial charge in [-0.05, 0) is 12.3 Å². The van der Waals surface area contributed by atoms with Gasteiger partial charge in [0.05, 0.1) is 18.8 Å². The normalized spacial score (nSPS) is 24.7. The zero-order chi connectivity index (χ0) is 16.0. The van der Waals surface area contributed by atoms with Crippen molar-refractivity contribution in [3.05, 3.63) is 0 Å². The van der Waals surface area contributed by atoms with E-state index >= 15 is 0 Å². The summed E-state index contributed by atoms with van der Waals surface area (Å²) in [7, 11) is 0. The Hall–Kier alpha value is -0.820. The molecule has 0 aromatic carbocycles. The van der Waals surface area contributed by atoms with Crippen LogP contribution < -0.4 is 5.32 Å². The van der Waals surface area contributed by atoms with E-state index in [4.69, 9.17) is 0 Å². The molecule has 1 saturated heterocycles. The van der Waals surface area contributed by atoms with Crippen LogP contribution in [0.3, 0.4) is 0 Å². The van der Waals surface area contributed by atoms with Crippen molar-refractivity contribution in [1.82, 2.24) is 10.2 Å². The highest BCUT2D eigenvalue weighted by molar-refractivity contribution is 5.84. The van der Waals surface area contributed by atoms with Gasteiger partial charge in [0, 0.05) is 6.54 Å². The summed E-state index contributed by atoms with van der Waals surface area (Å²) in [5.74, 6) is 0.177. The molecular weight excluding hydrogens is 285 g/mol. The molecular formula is C14H25F3N2O2. The molecule has 4 nitrogen and oxygen atoms in total. The number of ether oxygens (including phenoxy) is 1. The Balaban J connectivity index is 2.54. The van der Waals surface area contributed by atoms with Gasteiger partial charge in [0.1, 0.15) is 6.61 Å². The third-order valence-electron chi connectivity index (χ3n) is 3.81. The first kappa shape index (κ1) is 18.2. The molecule has 0 saturated carbocycles. The van der Waals surface area contributed by atoms with Gasteiger partial charge < -0.3 is 9.64 Å². The summed E-state index contributed by atoms with van der Waals surface area (Å²) in [6.45, 7) is 4.86. The number of hydrogen-bond acceptors (Lipinski definition) is 3. The second-order valence-electron chi connectivity index (χ2n) is 5.53. The number of amides is 1. The molecule has 0 aromatic heterocycles. The molecule has 1 aliphatic heterocycles. The summed E-state index contributed by atoms with van der Waals surface area (Å²) >= 11 is 0. The minimum Gasteiger partial charge on any atom is -0.370 e. The third kappa shape index (κ3) is 5.47. The second kappa shape index (κ2) is 7.98. The van der Waals surface area contributed by atoms with Crippen LogP contribution in [0.2, 0.25) is 0 Å².